The zero-order valence-electron chi connectivity index (χ0n) is 24.1. The molecule has 0 aliphatic carbocycles. The molecule has 7 nitrogen and oxygen atoms in total. The summed E-state index contributed by atoms with van der Waals surface area (Å²) in [5.74, 6) is -0.899. The largest absolute Gasteiger partial charge is 0.357 e. The van der Waals surface area contributed by atoms with E-state index in [0.717, 1.165) is 25.5 Å². The number of halogens is 2. The van der Waals surface area contributed by atoms with Crippen LogP contribution in [0.25, 0.3) is 0 Å². The highest BCUT2D eigenvalue weighted by Gasteiger charge is 2.35. The Balaban J connectivity index is 1.81. The third-order valence-corrected chi connectivity index (χ3v) is 9.89. The average Bonchev–Trinajstić information content (AvgIpc) is 3.00. The third kappa shape index (κ3) is 7.84. The van der Waals surface area contributed by atoms with Gasteiger partial charge in [0.2, 0.25) is 11.8 Å². The summed E-state index contributed by atoms with van der Waals surface area (Å²) < 4.78 is 30.2. The van der Waals surface area contributed by atoms with Gasteiger partial charge in [0, 0.05) is 29.5 Å². The molecular formula is C33H33BrClN3O4S. The number of likely N-dealkylation sites (N-methyl/N-ethyl adjacent to an activating group) is 1. The van der Waals surface area contributed by atoms with Crippen molar-refractivity contribution in [2.45, 2.75) is 37.8 Å². The van der Waals surface area contributed by atoms with E-state index in [-0.39, 0.29) is 29.5 Å². The molecule has 0 aromatic heterocycles. The number of aryl methyl sites for hydroxylation is 1. The van der Waals surface area contributed by atoms with Crippen LogP contribution in [0.1, 0.15) is 22.3 Å². The maximum atomic E-state index is 14.4. The van der Waals surface area contributed by atoms with Gasteiger partial charge in [-0.05, 0) is 66.9 Å². The minimum Gasteiger partial charge on any atom is -0.357 e. The molecule has 0 spiro atoms. The number of nitrogens with one attached hydrogen (secondary N) is 1. The quantitative estimate of drug-likeness (QED) is 0.201. The number of rotatable bonds is 11. The summed E-state index contributed by atoms with van der Waals surface area (Å²) in [6, 6.07) is 27.3. The Bertz CT molecular complexity index is 1680. The normalized spacial score (nSPS) is 11.9. The fraction of sp³-hybridized carbons (Fsp3) is 0.212. The summed E-state index contributed by atoms with van der Waals surface area (Å²) in [5, 5.41) is 3.06. The van der Waals surface area contributed by atoms with E-state index in [1.807, 2.05) is 61.5 Å². The predicted molar refractivity (Wildman–Crippen MR) is 175 cm³/mol. The highest BCUT2D eigenvalue weighted by atomic mass is 79.9. The summed E-state index contributed by atoms with van der Waals surface area (Å²) in [6.45, 7) is 3.12. The molecular weight excluding hydrogens is 650 g/mol. The van der Waals surface area contributed by atoms with Gasteiger partial charge >= 0.3 is 0 Å². The lowest BCUT2D eigenvalue weighted by atomic mass is 10.0. The van der Waals surface area contributed by atoms with Crippen molar-refractivity contribution in [2.75, 3.05) is 17.9 Å². The van der Waals surface area contributed by atoms with Gasteiger partial charge in [0.1, 0.15) is 12.6 Å². The Morgan fingerprint density at radius 1 is 0.860 bits per heavy atom. The Morgan fingerprint density at radius 3 is 2.14 bits per heavy atom. The lowest BCUT2D eigenvalue weighted by molar-refractivity contribution is -0.139. The fourth-order valence-electron chi connectivity index (χ4n) is 4.72. The lowest BCUT2D eigenvalue weighted by Crippen LogP contribution is -2.53. The molecule has 224 valence electrons. The molecule has 0 saturated carbocycles. The number of amides is 2. The number of anilines is 1. The van der Waals surface area contributed by atoms with Gasteiger partial charge in [-0.2, -0.15) is 0 Å². The molecule has 43 heavy (non-hydrogen) atoms. The second kappa shape index (κ2) is 14.2. The van der Waals surface area contributed by atoms with Crippen LogP contribution in [0.4, 0.5) is 5.69 Å². The number of carbonyl (C=O) groups is 2. The molecule has 0 bridgehead atoms. The Kier molecular flexibility index (Phi) is 10.7. The van der Waals surface area contributed by atoms with Crippen LogP contribution in [-0.4, -0.2) is 44.8 Å². The first kappa shape index (κ1) is 32.3. The first-order valence-electron chi connectivity index (χ1n) is 13.6. The first-order valence-corrected chi connectivity index (χ1v) is 16.3. The van der Waals surface area contributed by atoms with Gasteiger partial charge in [-0.15, -0.1) is 0 Å². The highest BCUT2D eigenvalue weighted by Crippen LogP contribution is 2.31. The van der Waals surface area contributed by atoms with E-state index in [1.165, 1.54) is 24.1 Å². The molecule has 0 radical (unpaired) electrons. The van der Waals surface area contributed by atoms with Crippen LogP contribution < -0.4 is 9.62 Å². The number of sulfonamides is 1. The molecule has 2 amide bonds. The van der Waals surface area contributed by atoms with Gasteiger partial charge in [-0.1, -0.05) is 93.8 Å². The highest BCUT2D eigenvalue weighted by molar-refractivity contribution is 9.10. The van der Waals surface area contributed by atoms with Crippen LogP contribution in [0.3, 0.4) is 0 Å². The second-order valence-corrected chi connectivity index (χ2v) is 13.4. The standard InChI is InChI=1S/C33H33BrClN3O4S/c1-23-12-18-28(19-13-23)43(41,42)38(30-11-7-10-29(35)24(30)2)22-32(39)37(21-26-14-16-27(34)17-15-26)31(33(40)36-3)20-25-8-5-4-6-9-25/h4-19,31H,20-22H2,1-3H3,(H,36,40). The smallest absolute Gasteiger partial charge is 0.264 e. The Hall–Kier alpha value is -3.66. The van der Waals surface area contributed by atoms with Gasteiger partial charge in [0.25, 0.3) is 10.0 Å². The van der Waals surface area contributed by atoms with E-state index in [0.29, 0.717) is 10.6 Å². The molecule has 1 unspecified atom stereocenters. The molecule has 0 fully saturated rings. The van der Waals surface area contributed by atoms with Crippen molar-refractivity contribution >= 4 is 55.1 Å². The van der Waals surface area contributed by atoms with Gasteiger partial charge in [0.15, 0.2) is 0 Å². The zero-order valence-corrected chi connectivity index (χ0v) is 27.3. The summed E-state index contributed by atoms with van der Waals surface area (Å²) in [4.78, 5) is 29.2. The van der Waals surface area contributed by atoms with Crippen molar-refractivity contribution in [1.82, 2.24) is 10.2 Å². The van der Waals surface area contributed by atoms with Crippen LogP contribution in [-0.2, 0) is 32.6 Å². The fourth-order valence-corrected chi connectivity index (χ4v) is 6.63. The van der Waals surface area contributed by atoms with E-state index >= 15 is 0 Å². The SMILES string of the molecule is CNC(=O)C(Cc1ccccc1)N(Cc1ccc(Br)cc1)C(=O)CN(c1cccc(Cl)c1C)S(=O)(=O)c1ccc(C)cc1. The van der Waals surface area contributed by atoms with Gasteiger partial charge in [0.05, 0.1) is 10.6 Å². The summed E-state index contributed by atoms with van der Waals surface area (Å²) in [7, 11) is -2.69. The number of benzene rings is 4. The molecule has 4 rings (SSSR count). The van der Waals surface area contributed by atoms with E-state index in [2.05, 4.69) is 21.2 Å². The molecule has 4 aromatic rings. The first-order chi connectivity index (χ1) is 20.5. The molecule has 4 aromatic carbocycles. The lowest BCUT2D eigenvalue weighted by Gasteiger charge is -2.34. The van der Waals surface area contributed by atoms with Crippen molar-refractivity contribution in [2.24, 2.45) is 0 Å². The maximum absolute atomic E-state index is 14.4. The van der Waals surface area contributed by atoms with Crippen molar-refractivity contribution in [3.05, 3.63) is 129 Å². The predicted octanol–water partition coefficient (Wildman–Crippen LogP) is 6.30. The molecule has 0 aliphatic heterocycles. The summed E-state index contributed by atoms with van der Waals surface area (Å²) >= 11 is 9.86. The van der Waals surface area contributed by atoms with E-state index < -0.39 is 28.5 Å². The van der Waals surface area contributed by atoms with Crippen LogP contribution in [0.5, 0.6) is 0 Å². The average molecular weight is 683 g/mol. The molecule has 0 heterocycles. The number of hydrogen-bond acceptors (Lipinski definition) is 4. The van der Waals surface area contributed by atoms with Crippen LogP contribution in [0.2, 0.25) is 5.02 Å². The molecule has 1 N–H and O–H groups in total. The summed E-state index contributed by atoms with van der Waals surface area (Å²) in [6.07, 6.45) is 0.240. The van der Waals surface area contributed by atoms with E-state index in [1.54, 1.807) is 37.3 Å². The second-order valence-electron chi connectivity index (χ2n) is 10.2. The van der Waals surface area contributed by atoms with Crippen molar-refractivity contribution in [1.29, 1.82) is 0 Å². The van der Waals surface area contributed by atoms with Gasteiger partial charge < -0.3 is 10.2 Å². The topological polar surface area (TPSA) is 86.8 Å². The van der Waals surface area contributed by atoms with Crippen LogP contribution in [0, 0.1) is 13.8 Å². The van der Waals surface area contributed by atoms with Gasteiger partial charge in [-0.3, -0.25) is 13.9 Å². The molecule has 10 heteroatoms. The van der Waals surface area contributed by atoms with Crippen LogP contribution in [0.15, 0.2) is 106 Å². The van der Waals surface area contributed by atoms with Gasteiger partial charge in [-0.25, -0.2) is 8.42 Å². The van der Waals surface area contributed by atoms with Crippen molar-refractivity contribution in [3.63, 3.8) is 0 Å². The maximum Gasteiger partial charge on any atom is 0.264 e. The third-order valence-electron chi connectivity index (χ3n) is 7.18. The Morgan fingerprint density at radius 2 is 1.51 bits per heavy atom. The minimum atomic E-state index is -4.21. The number of hydrogen-bond donors (Lipinski definition) is 1. The number of carbonyl (C=O) groups excluding carboxylic acids is 2. The molecule has 0 aliphatic rings. The monoisotopic (exact) mass is 681 g/mol. The summed E-state index contributed by atoms with van der Waals surface area (Å²) in [5.41, 5.74) is 3.34. The Labute approximate surface area is 266 Å². The van der Waals surface area contributed by atoms with E-state index in [9.17, 15) is 18.0 Å². The molecule has 1 atom stereocenters. The number of nitrogens with zero attached hydrogens (tertiary/aromatic N) is 2. The van der Waals surface area contributed by atoms with Crippen molar-refractivity contribution in [3.8, 4) is 0 Å². The van der Waals surface area contributed by atoms with Crippen LogP contribution >= 0.6 is 27.5 Å². The zero-order chi connectivity index (χ0) is 31.1. The van der Waals surface area contributed by atoms with Crippen molar-refractivity contribution < 1.29 is 18.0 Å². The van der Waals surface area contributed by atoms with E-state index in [4.69, 9.17) is 11.6 Å². The molecule has 0 saturated heterocycles. The minimum absolute atomic E-state index is 0.0388.